The minimum absolute atomic E-state index is 0.376. The Morgan fingerprint density at radius 2 is 2.00 bits per heavy atom. The summed E-state index contributed by atoms with van der Waals surface area (Å²) in [5.41, 5.74) is 0.925. The minimum Gasteiger partial charge on any atom is -0.126 e. The molecule has 1 heterocycles. The minimum atomic E-state index is 0.376. The Hall–Kier alpha value is 0.0900. The topological polar surface area (TPSA) is 0 Å². The molecule has 12 heavy (non-hydrogen) atoms. The molecule has 2 aliphatic rings. The maximum atomic E-state index is 2.52. The van der Waals surface area contributed by atoms with Crippen molar-refractivity contribution in [2.45, 2.75) is 39.9 Å². The normalized spacial score (nSPS) is 45.6. The van der Waals surface area contributed by atoms with E-state index in [1.807, 2.05) is 0 Å². The molecule has 0 N–H and O–H groups in total. The first kappa shape index (κ1) is 8.68. The van der Waals surface area contributed by atoms with Crippen LogP contribution >= 0.6 is 11.8 Å². The highest BCUT2D eigenvalue weighted by atomic mass is 32.2. The number of hydrogen-bond acceptors (Lipinski definition) is 1. The molecule has 68 valence electrons. The molecule has 0 radical (unpaired) electrons. The van der Waals surface area contributed by atoms with Gasteiger partial charge in [-0.2, -0.15) is 0 Å². The van der Waals surface area contributed by atoms with Gasteiger partial charge in [0, 0.05) is 10.7 Å². The SMILES string of the molecule is C[C@@H]1[C@H]2SC(C(C)(C)C)=C[C@@]12C. The fourth-order valence-corrected chi connectivity index (χ4v) is 3.90. The molecule has 1 saturated carbocycles. The molecule has 0 unspecified atom stereocenters. The van der Waals surface area contributed by atoms with Gasteiger partial charge in [0.25, 0.3) is 0 Å². The Bertz CT molecular complexity index is 246. The first-order valence-corrected chi connectivity index (χ1v) is 5.63. The lowest BCUT2D eigenvalue weighted by Crippen LogP contribution is -2.07. The average Bonchev–Trinajstić information content (AvgIpc) is 2.34. The zero-order chi connectivity index (χ0) is 9.15. The number of hydrogen-bond donors (Lipinski definition) is 0. The van der Waals surface area contributed by atoms with Crippen LogP contribution in [-0.2, 0) is 0 Å². The Morgan fingerprint density at radius 1 is 1.42 bits per heavy atom. The van der Waals surface area contributed by atoms with E-state index in [-0.39, 0.29) is 0 Å². The highest BCUT2D eigenvalue weighted by molar-refractivity contribution is 8.04. The Balaban J connectivity index is 2.21. The van der Waals surface area contributed by atoms with Crippen LogP contribution in [0, 0.1) is 16.7 Å². The van der Waals surface area contributed by atoms with Gasteiger partial charge in [-0.1, -0.05) is 40.7 Å². The second-order valence-electron chi connectivity index (χ2n) is 5.45. The van der Waals surface area contributed by atoms with E-state index in [1.165, 1.54) is 0 Å². The summed E-state index contributed by atoms with van der Waals surface area (Å²) in [5, 5.41) is 0.895. The smallest absolute Gasteiger partial charge is 0.0217 e. The number of rotatable bonds is 0. The summed E-state index contributed by atoms with van der Waals surface area (Å²) in [6.45, 7) is 11.7. The van der Waals surface area contributed by atoms with E-state index in [1.54, 1.807) is 4.91 Å². The molecule has 0 aromatic carbocycles. The average molecular weight is 182 g/mol. The van der Waals surface area contributed by atoms with Crippen LogP contribution in [0.4, 0.5) is 0 Å². The van der Waals surface area contributed by atoms with E-state index in [4.69, 9.17) is 0 Å². The molecule has 0 spiro atoms. The van der Waals surface area contributed by atoms with Crippen LogP contribution in [0.25, 0.3) is 0 Å². The third kappa shape index (κ3) is 0.985. The molecule has 0 amide bonds. The van der Waals surface area contributed by atoms with E-state index in [0.29, 0.717) is 10.8 Å². The zero-order valence-corrected chi connectivity index (χ0v) is 9.46. The summed E-state index contributed by atoms with van der Waals surface area (Å²) in [6, 6.07) is 0. The Kier molecular flexibility index (Phi) is 1.53. The maximum Gasteiger partial charge on any atom is 0.0217 e. The van der Waals surface area contributed by atoms with E-state index in [9.17, 15) is 0 Å². The summed E-state index contributed by atoms with van der Waals surface area (Å²) in [6.07, 6.45) is 2.52. The predicted octanol–water partition coefficient (Wildman–Crippen LogP) is 3.69. The maximum absolute atomic E-state index is 2.52. The van der Waals surface area contributed by atoms with Crippen molar-refractivity contribution < 1.29 is 0 Å². The molecule has 0 aromatic heterocycles. The second-order valence-corrected chi connectivity index (χ2v) is 6.64. The van der Waals surface area contributed by atoms with Gasteiger partial charge in [0.05, 0.1) is 0 Å². The van der Waals surface area contributed by atoms with Crippen LogP contribution in [0.15, 0.2) is 11.0 Å². The molecule has 1 aliphatic heterocycles. The van der Waals surface area contributed by atoms with Crippen LogP contribution in [0.2, 0.25) is 0 Å². The number of fused-ring (bicyclic) bond motifs is 1. The summed E-state index contributed by atoms with van der Waals surface area (Å²) in [5.74, 6) is 0.911. The number of thioether (sulfide) groups is 1. The Labute approximate surface area is 79.8 Å². The van der Waals surface area contributed by atoms with E-state index < -0.39 is 0 Å². The van der Waals surface area contributed by atoms with Crippen molar-refractivity contribution >= 4 is 11.8 Å². The molecule has 0 nitrogen and oxygen atoms in total. The van der Waals surface area contributed by atoms with Crippen LogP contribution in [-0.4, -0.2) is 5.25 Å². The molecule has 1 aliphatic carbocycles. The summed E-state index contributed by atoms with van der Waals surface area (Å²) in [7, 11) is 0. The van der Waals surface area contributed by atoms with Crippen LogP contribution in [0.3, 0.4) is 0 Å². The third-order valence-corrected chi connectivity index (χ3v) is 5.53. The molecular formula is C11H18S. The lowest BCUT2D eigenvalue weighted by molar-refractivity contribution is 0.524. The summed E-state index contributed by atoms with van der Waals surface area (Å²) in [4.78, 5) is 1.60. The van der Waals surface area contributed by atoms with E-state index in [0.717, 1.165) is 11.2 Å². The molecule has 0 bridgehead atoms. The molecule has 0 saturated heterocycles. The highest BCUT2D eigenvalue weighted by Crippen LogP contribution is 2.69. The lowest BCUT2D eigenvalue weighted by atomic mass is 9.93. The van der Waals surface area contributed by atoms with Crippen molar-refractivity contribution in [1.29, 1.82) is 0 Å². The first-order chi connectivity index (χ1) is 5.36. The Morgan fingerprint density at radius 3 is 2.33 bits per heavy atom. The van der Waals surface area contributed by atoms with Gasteiger partial charge in [-0.25, -0.2) is 0 Å². The molecule has 1 heteroatoms. The van der Waals surface area contributed by atoms with Gasteiger partial charge < -0.3 is 0 Å². The van der Waals surface area contributed by atoms with E-state index >= 15 is 0 Å². The monoisotopic (exact) mass is 182 g/mol. The van der Waals surface area contributed by atoms with Crippen LogP contribution in [0.5, 0.6) is 0 Å². The first-order valence-electron chi connectivity index (χ1n) is 4.76. The zero-order valence-electron chi connectivity index (χ0n) is 8.64. The fraction of sp³-hybridized carbons (Fsp3) is 0.818. The van der Waals surface area contributed by atoms with Gasteiger partial charge in [-0.15, -0.1) is 11.8 Å². The second kappa shape index (κ2) is 2.12. The van der Waals surface area contributed by atoms with Gasteiger partial charge in [-0.05, 0) is 16.2 Å². The summed E-state index contributed by atoms with van der Waals surface area (Å²) >= 11 is 2.11. The van der Waals surface area contributed by atoms with Gasteiger partial charge in [0.2, 0.25) is 0 Å². The molecule has 1 fully saturated rings. The largest absolute Gasteiger partial charge is 0.126 e. The molecule has 3 atom stereocenters. The van der Waals surface area contributed by atoms with Gasteiger partial charge in [-0.3, -0.25) is 0 Å². The van der Waals surface area contributed by atoms with E-state index in [2.05, 4.69) is 52.5 Å². The van der Waals surface area contributed by atoms with Gasteiger partial charge in [0.1, 0.15) is 0 Å². The standard InChI is InChI=1S/C11H18S/c1-7-9-11(7,5)6-8(12-9)10(2,3)4/h6-7,9H,1-5H3/t7-,9-,11+/m1/s1. The third-order valence-electron chi connectivity index (χ3n) is 3.37. The molecular weight excluding hydrogens is 164 g/mol. The van der Waals surface area contributed by atoms with Crippen LogP contribution in [0.1, 0.15) is 34.6 Å². The van der Waals surface area contributed by atoms with Gasteiger partial charge >= 0.3 is 0 Å². The summed E-state index contributed by atoms with van der Waals surface area (Å²) < 4.78 is 0. The van der Waals surface area contributed by atoms with Crippen molar-refractivity contribution in [3.8, 4) is 0 Å². The molecule has 0 aromatic rings. The molecule has 2 rings (SSSR count). The lowest BCUT2D eigenvalue weighted by Gasteiger charge is -2.21. The highest BCUT2D eigenvalue weighted by Gasteiger charge is 2.61. The van der Waals surface area contributed by atoms with Crippen molar-refractivity contribution in [3.05, 3.63) is 11.0 Å². The quantitative estimate of drug-likeness (QED) is 0.550. The van der Waals surface area contributed by atoms with Crippen molar-refractivity contribution in [2.24, 2.45) is 16.7 Å². The van der Waals surface area contributed by atoms with Crippen molar-refractivity contribution in [3.63, 3.8) is 0 Å². The van der Waals surface area contributed by atoms with Crippen molar-refractivity contribution in [1.82, 2.24) is 0 Å². The van der Waals surface area contributed by atoms with Crippen LogP contribution < -0.4 is 0 Å². The fourth-order valence-electron chi connectivity index (χ4n) is 1.99. The number of allylic oxidation sites excluding steroid dienone is 2. The van der Waals surface area contributed by atoms with Gasteiger partial charge in [0.15, 0.2) is 0 Å². The predicted molar refractivity (Wildman–Crippen MR) is 56.2 cm³/mol. The van der Waals surface area contributed by atoms with Crippen molar-refractivity contribution in [2.75, 3.05) is 0 Å².